The largest absolute Gasteiger partial charge is 0.480 e. The lowest BCUT2D eigenvalue weighted by Crippen LogP contribution is -2.44. The van der Waals surface area contributed by atoms with E-state index in [4.69, 9.17) is 15.9 Å². The number of aliphatic carboxylic acids is 2. The Kier molecular flexibility index (Phi) is 3.91. The van der Waals surface area contributed by atoms with Gasteiger partial charge < -0.3 is 15.9 Å². The third-order valence-corrected chi connectivity index (χ3v) is 2.11. The molecular weight excluding hydrogens is 170 g/mol. The molecule has 0 spiro atoms. The molecule has 0 rings (SSSR count). The Morgan fingerprint density at radius 1 is 1.36 bits per heavy atom. The van der Waals surface area contributed by atoms with Crippen molar-refractivity contribution in [2.24, 2.45) is 5.73 Å². The van der Waals surface area contributed by atoms with Gasteiger partial charge in [0.15, 0.2) is 0 Å². The van der Waals surface area contributed by atoms with E-state index in [1.165, 1.54) is 6.26 Å². The highest BCUT2D eigenvalue weighted by Gasteiger charge is 2.29. The van der Waals surface area contributed by atoms with Crippen LogP contribution >= 0.6 is 11.8 Å². The van der Waals surface area contributed by atoms with Gasteiger partial charge in [0.25, 0.3) is 0 Å². The van der Waals surface area contributed by atoms with E-state index in [-0.39, 0.29) is 0 Å². The standard InChI is InChI=1S/C5H9NO4S/c1-11-3(5(9)10)2(6)4(7)8/h2-3H,6H2,1H3,(H,7,8)(H,9,10)/t2-,3+/m0/s1. The fraction of sp³-hybridized carbons (Fsp3) is 0.600. The van der Waals surface area contributed by atoms with E-state index >= 15 is 0 Å². The predicted molar refractivity (Wildman–Crippen MR) is 40.5 cm³/mol. The fourth-order valence-electron chi connectivity index (χ4n) is 0.531. The average molecular weight is 179 g/mol. The lowest BCUT2D eigenvalue weighted by molar-refractivity contribution is -0.144. The van der Waals surface area contributed by atoms with Crippen molar-refractivity contribution in [3.8, 4) is 0 Å². The zero-order valence-corrected chi connectivity index (χ0v) is 6.67. The second-order valence-corrected chi connectivity index (χ2v) is 2.84. The zero-order valence-electron chi connectivity index (χ0n) is 5.85. The second-order valence-electron chi connectivity index (χ2n) is 1.86. The van der Waals surface area contributed by atoms with E-state index in [1.54, 1.807) is 0 Å². The van der Waals surface area contributed by atoms with Gasteiger partial charge in [-0.1, -0.05) is 0 Å². The number of hydrogen-bond acceptors (Lipinski definition) is 4. The molecule has 0 aromatic rings. The van der Waals surface area contributed by atoms with Crippen molar-refractivity contribution in [2.45, 2.75) is 11.3 Å². The summed E-state index contributed by atoms with van der Waals surface area (Å²) < 4.78 is 0. The maximum atomic E-state index is 10.3. The topological polar surface area (TPSA) is 101 Å². The van der Waals surface area contributed by atoms with Crippen molar-refractivity contribution in [2.75, 3.05) is 6.26 Å². The van der Waals surface area contributed by atoms with Gasteiger partial charge in [-0.05, 0) is 6.26 Å². The molecule has 0 heterocycles. The summed E-state index contributed by atoms with van der Waals surface area (Å²) in [7, 11) is 0. The summed E-state index contributed by atoms with van der Waals surface area (Å²) in [4.78, 5) is 20.5. The monoisotopic (exact) mass is 179 g/mol. The lowest BCUT2D eigenvalue weighted by Gasteiger charge is -2.12. The first-order chi connectivity index (χ1) is 5.00. The van der Waals surface area contributed by atoms with Crippen molar-refractivity contribution in [3.05, 3.63) is 0 Å². The molecule has 64 valence electrons. The maximum Gasteiger partial charge on any atom is 0.322 e. The predicted octanol–water partition coefficient (Wildman–Crippen LogP) is -0.785. The highest BCUT2D eigenvalue weighted by Crippen LogP contribution is 2.09. The van der Waals surface area contributed by atoms with Crippen LogP contribution in [0.4, 0.5) is 0 Å². The summed E-state index contributed by atoms with van der Waals surface area (Å²) in [6, 6.07) is -1.34. The molecule has 0 aromatic heterocycles. The van der Waals surface area contributed by atoms with Gasteiger partial charge in [0, 0.05) is 0 Å². The molecule has 2 atom stereocenters. The first-order valence-corrected chi connectivity index (χ1v) is 4.03. The Labute approximate surface area is 67.6 Å². The summed E-state index contributed by atoms with van der Waals surface area (Å²) >= 11 is 0.909. The number of carboxylic acids is 2. The third-order valence-electron chi connectivity index (χ3n) is 1.11. The van der Waals surface area contributed by atoms with Gasteiger partial charge in [-0.3, -0.25) is 9.59 Å². The van der Waals surface area contributed by atoms with Crippen LogP contribution in [0.1, 0.15) is 0 Å². The number of hydrogen-bond donors (Lipinski definition) is 3. The Hall–Kier alpha value is -0.750. The molecule has 5 nitrogen and oxygen atoms in total. The lowest BCUT2D eigenvalue weighted by atomic mass is 10.2. The van der Waals surface area contributed by atoms with E-state index < -0.39 is 23.2 Å². The minimum atomic E-state index is -1.34. The summed E-state index contributed by atoms with van der Waals surface area (Å²) in [6.45, 7) is 0. The molecule has 11 heavy (non-hydrogen) atoms. The van der Waals surface area contributed by atoms with Gasteiger partial charge in [-0.15, -0.1) is 11.8 Å². The number of carbonyl (C=O) groups is 2. The van der Waals surface area contributed by atoms with Crippen LogP contribution in [0.15, 0.2) is 0 Å². The van der Waals surface area contributed by atoms with E-state index in [9.17, 15) is 9.59 Å². The number of carboxylic acid groups (broad SMARTS) is 2. The number of nitrogens with two attached hydrogens (primary N) is 1. The van der Waals surface area contributed by atoms with Crippen molar-refractivity contribution < 1.29 is 19.8 Å². The van der Waals surface area contributed by atoms with Crippen molar-refractivity contribution in [3.63, 3.8) is 0 Å². The van der Waals surface area contributed by atoms with Crippen molar-refractivity contribution in [1.29, 1.82) is 0 Å². The van der Waals surface area contributed by atoms with Gasteiger partial charge in [-0.25, -0.2) is 0 Å². The Bertz CT molecular complexity index is 172. The normalized spacial score (nSPS) is 15.5. The Balaban J connectivity index is 4.25. The minimum absolute atomic E-state index is 0.909. The number of rotatable bonds is 4. The molecule has 0 amide bonds. The fourth-order valence-corrected chi connectivity index (χ4v) is 1.14. The molecule has 4 N–H and O–H groups in total. The highest BCUT2D eigenvalue weighted by atomic mass is 32.2. The first kappa shape index (κ1) is 10.2. The molecule has 0 aromatic carbocycles. The first-order valence-electron chi connectivity index (χ1n) is 2.74. The summed E-state index contributed by atoms with van der Waals surface area (Å²) in [6.07, 6.45) is 1.50. The Morgan fingerprint density at radius 2 is 1.82 bits per heavy atom. The average Bonchev–Trinajstić information content (AvgIpc) is 1.88. The molecule has 0 aliphatic heterocycles. The van der Waals surface area contributed by atoms with Crippen LogP contribution in [0.2, 0.25) is 0 Å². The van der Waals surface area contributed by atoms with E-state index in [0.29, 0.717) is 0 Å². The van der Waals surface area contributed by atoms with Gasteiger partial charge >= 0.3 is 11.9 Å². The van der Waals surface area contributed by atoms with Crippen LogP contribution in [0.25, 0.3) is 0 Å². The molecule has 0 saturated carbocycles. The van der Waals surface area contributed by atoms with Crippen LogP contribution < -0.4 is 5.73 Å². The van der Waals surface area contributed by atoms with Gasteiger partial charge in [0.2, 0.25) is 0 Å². The molecule has 0 bridgehead atoms. The summed E-state index contributed by atoms with van der Waals surface area (Å²) in [5.41, 5.74) is 5.07. The van der Waals surface area contributed by atoms with E-state index in [2.05, 4.69) is 0 Å². The van der Waals surface area contributed by atoms with E-state index in [0.717, 1.165) is 11.8 Å². The molecule has 0 aliphatic rings. The second kappa shape index (κ2) is 4.20. The molecule has 0 radical (unpaired) electrons. The molecule has 0 fully saturated rings. The third kappa shape index (κ3) is 2.77. The SMILES string of the molecule is CS[C@@H](C(=O)O)[C@H](N)C(=O)O. The van der Waals surface area contributed by atoms with Crippen LogP contribution in [0.3, 0.4) is 0 Å². The summed E-state index contributed by atoms with van der Waals surface area (Å²) in [5, 5.41) is 15.7. The smallest absolute Gasteiger partial charge is 0.322 e. The Morgan fingerprint density at radius 3 is 1.91 bits per heavy atom. The number of thioether (sulfide) groups is 1. The maximum absolute atomic E-state index is 10.3. The van der Waals surface area contributed by atoms with Gasteiger partial charge in [-0.2, -0.15) is 0 Å². The quantitative estimate of drug-likeness (QED) is 0.523. The summed E-state index contributed by atoms with van der Waals surface area (Å²) in [5.74, 6) is -2.50. The molecule has 0 aliphatic carbocycles. The van der Waals surface area contributed by atoms with Crippen molar-refractivity contribution >= 4 is 23.7 Å². The molecule has 6 heteroatoms. The van der Waals surface area contributed by atoms with Crippen molar-refractivity contribution in [1.82, 2.24) is 0 Å². The van der Waals surface area contributed by atoms with Gasteiger partial charge in [0.05, 0.1) is 0 Å². The van der Waals surface area contributed by atoms with Crippen LogP contribution in [0, 0.1) is 0 Å². The zero-order chi connectivity index (χ0) is 9.02. The highest BCUT2D eigenvalue weighted by molar-refractivity contribution is 8.00. The van der Waals surface area contributed by atoms with Gasteiger partial charge in [0.1, 0.15) is 11.3 Å². The molecule has 0 saturated heterocycles. The molecule has 0 unspecified atom stereocenters. The minimum Gasteiger partial charge on any atom is -0.480 e. The van der Waals surface area contributed by atoms with E-state index in [1.807, 2.05) is 0 Å². The van der Waals surface area contributed by atoms with Crippen LogP contribution in [-0.4, -0.2) is 39.7 Å². The van der Waals surface area contributed by atoms with Crippen LogP contribution in [0.5, 0.6) is 0 Å². The van der Waals surface area contributed by atoms with Crippen LogP contribution in [-0.2, 0) is 9.59 Å². The molecular formula is C5H9NO4S.